The molecule has 78 valence electrons. The fourth-order valence-electron chi connectivity index (χ4n) is 2.33. The molecular formula is C10H15ClN2O. The van der Waals surface area contributed by atoms with Gasteiger partial charge < -0.3 is 10.3 Å². The van der Waals surface area contributed by atoms with Crippen LogP contribution in [0.15, 0.2) is 4.52 Å². The zero-order valence-electron chi connectivity index (χ0n) is 8.51. The Balaban J connectivity index is 2.36. The standard InChI is InChI=1S/C10H15ClN2O/c1-10(2)5-3-4-6(10)8-7(11)9(12)13-14-8/h6H,3-5H2,1-2H3,(H2,12,13). The number of nitrogens with two attached hydrogens (primary N) is 1. The average Bonchev–Trinajstić information content (AvgIpc) is 2.59. The van der Waals surface area contributed by atoms with Crippen LogP contribution in [-0.2, 0) is 0 Å². The van der Waals surface area contributed by atoms with Gasteiger partial charge in [0.05, 0.1) is 0 Å². The minimum Gasteiger partial charge on any atom is -0.380 e. The molecule has 0 spiro atoms. The molecule has 1 atom stereocenters. The van der Waals surface area contributed by atoms with Gasteiger partial charge in [0.15, 0.2) is 11.6 Å². The number of hydrogen-bond acceptors (Lipinski definition) is 3. The van der Waals surface area contributed by atoms with Gasteiger partial charge in [0.2, 0.25) is 0 Å². The molecule has 0 amide bonds. The van der Waals surface area contributed by atoms with Gasteiger partial charge in [-0.05, 0) is 18.3 Å². The topological polar surface area (TPSA) is 52.0 Å². The molecule has 0 aromatic carbocycles. The monoisotopic (exact) mass is 214 g/mol. The molecule has 1 fully saturated rings. The molecule has 1 saturated carbocycles. The maximum absolute atomic E-state index is 6.03. The molecule has 0 saturated heterocycles. The summed E-state index contributed by atoms with van der Waals surface area (Å²) in [6, 6.07) is 0. The van der Waals surface area contributed by atoms with Gasteiger partial charge in [-0.25, -0.2) is 0 Å². The van der Waals surface area contributed by atoms with E-state index in [1.165, 1.54) is 12.8 Å². The summed E-state index contributed by atoms with van der Waals surface area (Å²) in [6.07, 6.45) is 3.53. The van der Waals surface area contributed by atoms with E-state index in [4.69, 9.17) is 21.9 Å². The van der Waals surface area contributed by atoms with E-state index < -0.39 is 0 Å². The number of hydrogen-bond donors (Lipinski definition) is 1. The second-order valence-electron chi connectivity index (χ2n) is 4.68. The molecule has 0 bridgehead atoms. The summed E-state index contributed by atoms with van der Waals surface area (Å²) in [5, 5.41) is 4.20. The largest absolute Gasteiger partial charge is 0.380 e. The number of halogens is 1. The predicted octanol–water partition coefficient (Wildman–Crippen LogP) is 3.20. The van der Waals surface area contributed by atoms with Gasteiger partial charge in [0.1, 0.15) is 5.02 Å². The van der Waals surface area contributed by atoms with Crippen LogP contribution in [0.3, 0.4) is 0 Å². The minimum atomic E-state index is 0.246. The zero-order valence-corrected chi connectivity index (χ0v) is 9.27. The van der Waals surface area contributed by atoms with Crippen molar-refractivity contribution in [3.8, 4) is 0 Å². The first-order valence-corrected chi connectivity index (χ1v) is 5.31. The molecule has 1 aromatic heterocycles. The molecule has 1 aromatic rings. The maximum Gasteiger partial charge on any atom is 0.186 e. The fourth-order valence-corrected chi connectivity index (χ4v) is 2.53. The summed E-state index contributed by atoms with van der Waals surface area (Å²) >= 11 is 6.03. The van der Waals surface area contributed by atoms with E-state index in [1.54, 1.807) is 0 Å². The van der Waals surface area contributed by atoms with Crippen LogP contribution in [0.1, 0.15) is 44.8 Å². The number of nitrogen functional groups attached to an aromatic ring is 1. The Morgan fingerprint density at radius 2 is 2.29 bits per heavy atom. The minimum absolute atomic E-state index is 0.246. The fraction of sp³-hybridized carbons (Fsp3) is 0.700. The summed E-state index contributed by atoms with van der Waals surface area (Å²) < 4.78 is 5.21. The molecule has 3 nitrogen and oxygen atoms in total. The predicted molar refractivity (Wildman–Crippen MR) is 56.3 cm³/mol. The zero-order chi connectivity index (χ0) is 10.3. The first-order valence-electron chi connectivity index (χ1n) is 4.93. The van der Waals surface area contributed by atoms with Crippen molar-refractivity contribution < 1.29 is 4.52 Å². The highest BCUT2D eigenvalue weighted by Gasteiger charge is 2.39. The number of nitrogens with zero attached hydrogens (tertiary/aromatic N) is 1. The van der Waals surface area contributed by atoms with Crippen LogP contribution in [0, 0.1) is 5.41 Å². The third-order valence-electron chi connectivity index (χ3n) is 3.26. The lowest BCUT2D eigenvalue weighted by atomic mass is 9.80. The van der Waals surface area contributed by atoms with Crippen molar-refractivity contribution in [3.05, 3.63) is 10.8 Å². The Hall–Kier alpha value is -0.700. The molecule has 4 heteroatoms. The smallest absolute Gasteiger partial charge is 0.186 e. The number of aromatic nitrogens is 1. The van der Waals surface area contributed by atoms with Gasteiger partial charge in [0, 0.05) is 5.92 Å². The number of anilines is 1. The Kier molecular flexibility index (Phi) is 2.22. The summed E-state index contributed by atoms with van der Waals surface area (Å²) in [5.41, 5.74) is 5.81. The molecule has 14 heavy (non-hydrogen) atoms. The van der Waals surface area contributed by atoms with E-state index >= 15 is 0 Å². The lowest BCUT2D eigenvalue weighted by Gasteiger charge is -2.24. The second kappa shape index (κ2) is 3.16. The van der Waals surface area contributed by atoms with Crippen LogP contribution in [0.4, 0.5) is 5.82 Å². The molecule has 1 unspecified atom stereocenters. The first kappa shape index (κ1) is 9.84. The van der Waals surface area contributed by atoms with Crippen molar-refractivity contribution in [2.24, 2.45) is 5.41 Å². The van der Waals surface area contributed by atoms with Crippen molar-refractivity contribution in [1.29, 1.82) is 0 Å². The molecular weight excluding hydrogens is 200 g/mol. The van der Waals surface area contributed by atoms with Gasteiger partial charge >= 0.3 is 0 Å². The van der Waals surface area contributed by atoms with Gasteiger partial charge in [-0.15, -0.1) is 0 Å². The van der Waals surface area contributed by atoms with Gasteiger partial charge in [0.25, 0.3) is 0 Å². The highest BCUT2D eigenvalue weighted by Crippen LogP contribution is 2.50. The van der Waals surface area contributed by atoms with E-state index in [0.717, 1.165) is 12.2 Å². The average molecular weight is 215 g/mol. The van der Waals surface area contributed by atoms with Crippen LogP contribution < -0.4 is 5.73 Å². The Bertz CT molecular complexity index is 346. The Morgan fingerprint density at radius 1 is 1.57 bits per heavy atom. The van der Waals surface area contributed by atoms with Crippen molar-refractivity contribution in [2.45, 2.75) is 39.0 Å². The second-order valence-corrected chi connectivity index (χ2v) is 5.06. The molecule has 2 N–H and O–H groups in total. The first-order chi connectivity index (χ1) is 6.52. The Labute approximate surface area is 88.6 Å². The van der Waals surface area contributed by atoms with Crippen LogP contribution >= 0.6 is 11.6 Å². The normalized spacial score (nSPS) is 25.5. The van der Waals surface area contributed by atoms with Crippen LogP contribution in [0.5, 0.6) is 0 Å². The number of rotatable bonds is 1. The van der Waals surface area contributed by atoms with Gasteiger partial charge in [-0.3, -0.25) is 0 Å². The SMILES string of the molecule is CC1(C)CCCC1c1onc(N)c1Cl. The van der Waals surface area contributed by atoms with E-state index in [9.17, 15) is 0 Å². The van der Waals surface area contributed by atoms with E-state index in [1.807, 2.05) is 0 Å². The summed E-state index contributed by atoms with van der Waals surface area (Å²) in [7, 11) is 0. The van der Waals surface area contributed by atoms with Crippen molar-refractivity contribution in [2.75, 3.05) is 5.73 Å². The van der Waals surface area contributed by atoms with E-state index in [2.05, 4.69) is 19.0 Å². The molecule has 2 rings (SSSR count). The van der Waals surface area contributed by atoms with Crippen LogP contribution in [0.25, 0.3) is 0 Å². The summed E-state index contributed by atoms with van der Waals surface area (Å²) in [6.45, 7) is 4.47. The quantitative estimate of drug-likeness (QED) is 0.781. The highest BCUT2D eigenvalue weighted by molar-refractivity contribution is 6.33. The lowest BCUT2D eigenvalue weighted by molar-refractivity contribution is 0.268. The summed E-state index contributed by atoms with van der Waals surface area (Å²) in [4.78, 5) is 0. The maximum atomic E-state index is 6.03. The van der Waals surface area contributed by atoms with Gasteiger partial charge in [-0.1, -0.05) is 37.0 Å². The van der Waals surface area contributed by atoms with Crippen LogP contribution in [0.2, 0.25) is 5.02 Å². The van der Waals surface area contributed by atoms with Crippen LogP contribution in [-0.4, -0.2) is 5.16 Å². The molecule has 1 heterocycles. The summed E-state index contributed by atoms with van der Waals surface area (Å²) in [5.74, 6) is 1.44. The van der Waals surface area contributed by atoms with Crippen molar-refractivity contribution in [3.63, 3.8) is 0 Å². The lowest BCUT2D eigenvalue weighted by Crippen LogP contribution is -2.15. The molecule has 0 aliphatic heterocycles. The van der Waals surface area contributed by atoms with E-state index in [-0.39, 0.29) is 5.41 Å². The molecule has 0 radical (unpaired) electrons. The van der Waals surface area contributed by atoms with Crippen molar-refractivity contribution in [1.82, 2.24) is 5.16 Å². The Morgan fingerprint density at radius 3 is 2.71 bits per heavy atom. The molecule has 1 aliphatic carbocycles. The molecule has 1 aliphatic rings. The third kappa shape index (κ3) is 1.40. The third-order valence-corrected chi connectivity index (χ3v) is 3.64. The highest BCUT2D eigenvalue weighted by atomic mass is 35.5. The van der Waals surface area contributed by atoms with E-state index in [0.29, 0.717) is 16.8 Å². The van der Waals surface area contributed by atoms with Crippen molar-refractivity contribution >= 4 is 17.4 Å². The van der Waals surface area contributed by atoms with Gasteiger partial charge in [-0.2, -0.15) is 0 Å².